The van der Waals surface area contributed by atoms with E-state index in [1.807, 2.05) is 0 Å². The van der Waals surface area contributed by atoms with E-state index in [4.69, 9.17) is 11.6 Å². The minimum atomic E-state index is -0.367. The third kappa shape index (κ3) is 3.27. The van der Waals surface area contributed by atoms with Gasteiger partial charge in [0.05, 0.1) is 11.4 Å². The van der Waals surface area contributed by atoms with Gasteiger partial charge in [0.25, 0.3) is 5.91 Å². The van der Waals surface area contributed by atoms with Gasteiger partial charge in [-0.05, 0) is 87.5 Å². The number of rotatable bonds is 4. The second-order valence-corrected chi connectivity index (χ2v) is 11.0. The highest BCUT2D eigenvalue weighted by molar-refractivity contribution is 7.15. The lowest BCUT2D eigenvalue weighted by molar-refractivity contribution is -0.00555. The Morgan fingerprint density at radius 2 is 1.75 bits per heavy atom. The van der Waals surface area contributed by atoms with Crippen molar-refractivity contribution in [3.8, 4) is 5.69 Å². The van der Waals surface area contributed by atoms with Crippen LogP contribution in [0.3, 0.4) is 0 Å². The van der Waals surface area contributed by atoms with E-state index in [9.17, 15) is 9.18 Å². The summed E-state index contributed by atoms with van der Waals surface area (Å²) in [6.07, 6.45) is 7.73. The van der Waals surface area contributed by atoms with Gasteiger partial charge in [0.2, 0.25) is 5.13 Å². The zero-order chi connectivity index (χ0) is 22.0. The molecule has 0 unspecified atom stereocenters. The molecule has 4 saturated carbocycles. The van der Waals surface area contributed by atoms with Crippen LogP contribution < -0.4 is 5.32 Å². The van der Waals surface area contributed by atoms with Crippen LogP contribution in [0.15, 0.2) is 24.3 Å². The van der Waals surface area contributed by atoms with Gasteiger partial charge in [-0.3, -0.25) is 10.1 Å². The lowest BCUT2D eigenvalue weighted by Gasteiger charge is -2.55. The van der Waals surface area contributed by atoms with Crippen LogP contribution in [0.2, 0.25) is 5.15 Å². The van der Waals surface area contributed by atoms with Gasteiger partial charge in [-0.25, -0.2) is 9.07 Å². The van der Waals surface area contributed by atoms with Crippen molar-refractivity contribution >= 4 is 34.0 Å². The Balaban J connectivity index is 1.24. The fourth-order valence-electron chi connectivity index (χ4n) is 6.53. The van der Waals surface area contributed by atoms with Crippen molar-refractivity contribution in [1.82, 2.24) is 20.0 Å². The second-order valence-electron chi connectivity index (χ2n) is 9.70. The molecule has 3 aromatic rings. The maximum absolute atomic E-state index is 13.3. The summed E-state index contributed by atoms with van der Waals surface area (Å²) in [5.74, 6) is 1.75. The number of aromatic nitrogens is 4. The first-order valence-corrected chi connectivity index (χ1v) is 12.3. The first kappa shape index (κ1) is 20.3. The summed E-state index contributed by atoms with van der Waals surface area (Å²) in [5.41, 5.74) is 1.50. The highest BCUT2D eigenvalue weighted by atomic mass is 35.5. The topological polar surface area (TPSA) is 72.7 Å². The highest BCUT2D eigenvalue weighted by Crippen LogP contribution is 2.61. The summed E-state index contributed by atoms with van der Waals surface area (Å²) in [6, 6.07) is 5.79. The number of hydrogen-bond donors (Lipinski definition) is 1. The quantitative estimate of drug-likeness (QED) is 0.541. The first-order valence-electron chi connectivity index (χ1n) is 11.1. The third-order valence-corrected chi connectivity index (χ3v) is 8.87. The van der Waals surface area contributed by atoms with E-state index in [2.05, 4.69) is 20.6 Å². The number of hydrogen-bond acceptors (Lipinski definition) is 5. The van der Waals surface area contributed by atoms with Crippen LogP contribution >= 0.6 is 22.9 Å². The third-order valence-electron chi connectivity index (χ3n) is 7.44. The molecule has 1 aromatic carbocycles. The van der Waals surface area contributed by atoms with Crippen LogP contribution in [0.25, 0.3) is 5.69 Å². The number of nitrogens with one attached hydrogen (secondary N) is 1. The summed E-state index contributed by atoms with van der Waals surface area (Å²) in [5, 5.41) is 17.8. The maximum atomic E-state index is 13.3. The summed E-state index contributed by atoms with van der Waals surface area (Å²) >= 11 is 7.99. The van der Waals surface area contributed by atoms with Gasteiger partial charge in [0, 0.05) is 5.41 Å². The Hall–Kier alpha value is -2.32. The molecule has 4 aliphatic carbocycles. The Labute approximate surface area is 194 Å². The summed E-state index contributed by atoms with van der Waals surface area (Å²) < 4.78 is 14.7. The lowest BCUT2D eigenvalue weighted by atomic mass is 9.50. The number of nitrogens with zero attached hydrogens (tertiary/aromatic N) is 4. The molecule has 6 nitrogen and oxygen atoms in total. The number of carbonyl (C=O) groups is 1. The number of aryl methyl sites for hydroxylation is 1. The Morgan fingerprint density at radius 3 is 2.38 bits per heavy atom. The van der Waals surface area contributed by atoms with Crippen molar-refractivity contribution in [2.45, 2.75) is 50.9 Å². The average molecular weight is 472 g/mol. The number of benzene rings is 1. The van der Waals surface area contributed by atoms with Crippen molar-refractivity contribution in [3.63, 3.8) is 0 Å². The molecule has 1 N–H and O–H groups in total. The molecule has 4 aliphatic rings. The van der Waals surface area contributed by atoms with E-state index >= 15 is 0 Å². The second kappa shape index (κ2) is 7.35. The van der Waals surface area contributed by atoms with Crippen molar-refractivity contribution in [3.05, 3.63) is 51.5 Å². The Kier molecular flexibility index (Phi) is 4.66. The average Bonchev–Trinajstić information content (AvgIpc) is 3.32. The van der Waals surface area contributed by atoms with E-state index in [-0.39, 0.29) is 27.9 Å². The van der Waals surface area contributed by atoms with Crippen molar-refractivity contribution in [1.29, 1.82) is 0 Å². The van der Waals surface area contributed by atoms with Gasteiger partial charge < -0.3 is 0 Å². The smallest absolute Gasteiger partial charge is 0.262 e. The van der Waals surface area contributed by atoms with Crippen LogP contribution in [-0.4, -0.2) is 25.9 Å². The summed E-state index contributed by atoms with van der Waals surface area (Å²) in [4.78, 5) is 13.0. The Bertz CT molecular complexity index is 1170. The minimum Gasteiger partial charge on any atom is -0.296 e. The van der Waals surface area contributed by atoms with Crippen LogP contribution in [0.5, 0.6) is 0 Å². The summed E-state index contributed by atoms with van der Waals surface area (Å²) in [7, 11) is 0. The molecule has 1 amide bonds. The van der Waals surface area contributed by atoms with Crippen LogP contribution in [-0.2, 0) is 5.41 Å². The minimum absolute atomic E-state index is 0.149. The molecule has 0 atom stereocenters. The van der Waals surface area contributed by atoms with E-state index in [1.54, 1.807) is 19.1 Å². The van der Waals surface area contributed by atoms with Crippen molar-refractivity contribution < 1.29 is 9.18 Å². The predicted molar refractivity (Wildman–Crippen MR) is 121 cm³/mol. The summed E-state index contributed by atoms with van der Waals surface area (Å²) in [6.45, 7) is 1.72. The van der Waals surface area contributed by atoms with E-state index in [1.165, 1.54) is 66.7 Å². The van der Waals surface area contributed by atoms with E-state index < -0.39 is 0 Å². The first-order chi connectivity index (χ1) is 15.4. The molecule has 32 heavy (non-hydrogen) atoms. The fourth-order valence-corrected chi connectivity index (χ4v) is 7.85. The molecule has 0 aliphatic heterocycles. The molecule has 4 bridgehead atoms. The standard InChI is InChI=1S/C23H23ClFN5OS/c1-12-18(19(24)30(29-12)17-4-2-16(25)3-5-17)20(31)26-22-28-27-21(32-22)23-9-13-6-14(10-23)8-15(7-13)11-23/h2-5,13-15H,6-11H2,1H3,(H,26,28,31). The van der Waals surface area contributed by atoms with Gasteiger partial charge in [-0.1, -0.05) is 22.9 Å². The van der Waals surface area contributed by atoms with Crippen LogP contribution in [0.4, 0.5) is 9.52 Å². The predicted octanol–water partition coefficient (Wildman–Crippen LogP) is 5.54. The normalized spacial score (nSPS) is 28.3. The van der Waals surface area contributed by atoms with Gasteiger partial charge in [0.15, 0.2) is 0 Å². The van der Waals surface area contributed by atoms with Gasteiger partial charge >= 0.3 is 0 Å². The highest BCUT2D eigenvalue weighted by Gasteiger charge is 2.53. The molecule has 7 rings (SSSR count). The van der Waals surface area contributed by atoms with Gasteiger partial charge in [-0.15, -0.1) is 10.2 Å². The SMILES string of the molecule is Cc1nn(-c2ccc(F)cc2)c(Cl)c1C(=O)Nc1nnc(C23CC4CC(CC(C4)C2)C3)s1. The van der Waals surface area contributed by atoms with E-state index in [0.29, 0.717) is 16.5 Å². The molecule has 4 fully saturated rings. The van der Waals surface area contributed by atoms with Gasteiger partial charge in [0.1, 0.15) is 21.5 Å². The number of carbonyl (C=O) groups excluding carboxylic acids is 1. The zero-order valence-electron chi connectivity index (χ0n) is 17.6. The molecule has 0 radical (unpaired) electrons. The number of anilines is 1. The molecule has 0 spiro atoms. The molecular formula is C23H23ClFN5OS. The van der Waals surface area contributed by atoms with Crippen molar-refractivity contribution in [2.24, 2.45) is 17.8 Å². The largest absolute Gasteiger partial charge is 0.296 e. The Morgan fingerprint density at radius 1 is 1.12 bits per heavy atom. The molecule has 9 heteroatoms. The maximum Gasteiger partial charge on any atom is 0.262 e. The molecule has 166 valence electrons. The number of amides is 1. The molecular weight excluding hydrogens is 449 g/mol. The molecule has 2 heterocycles. The molecule has 0 saturated heterocycles. The van der Waals surface area contributed by atoms with Crippen LogP contribution in [0, 0.1) is 30.5 Å². The fraction of sp³-hybridized carbons (Fsp3) is 0.478. The van der Waals surface area contributed by atoms with Gasteiger partial charge in [-0.2, -0.15) is 5.10 Å². The zero-order valence-corrected chi connectivity index (χ0v) is 19.2. The van der Waals surface area contributed by atoms with Crippen LogP contribution in [0.1, 0.15) is 59.6 Å². The van der Waals surface area contributed by atoms with Crippen molar-refractivity contribution in [2.75, 3.05) is 5.32 Å². The molecule has 2 aromatic heterocycles. The van der Waals surface area contributed by atoms with E-state index in [0.717, 1.165) is 22.8 Å². The lowest BCUT2D eigenvalue weighted by Crippen LogP contribution is -2.48. The number of halogens is 2. The monoisotopic (exact) mass is 471 g/mol.